The summed E-state index contributed by atoms with van der Waals surface area (Å²) in [5, 5.41) is 9.46. The highest BCUT2D eigenvalue weighted by Crippen LogP contribution is 2.24. The highest BCUT2D eigenvalue weighted by molar-refractivity contribution is 5.34. The molecular weight excluding hydrogens is 176 g/mol. The van der Waals surface area contributed by atoms with Crippen molar-refractivity contribution in [1.29, 1.82) is 0 Å². The second kappa shape index (κ2) is 5.45. The summed E-state index contributed by atoms with van der Waals surface area (Å²) in [6.45, 7) is 4.22. The smallest absolute Gasteiger partial charge is 0.125 e. The molecule has 0 saturated heterocycles. The lowest BCUT2D eigenvalue weighted by Crippen LogP contribution is -1.99. The molecule has 0 radical (unpaired) electrons. The molecule has 1 aromatic rings. The largest absolute Gasteiger partial charge is 0.489 e. The number of benzene rings is 1. The third-order valence-electron chi connectivity index (χ3n) is 1.94. The van der Waals surface area contributed by atoms with Gasteiger partial charge in [0.2, 0.25) is 0 Å². The first kappa shape index (κ1) is 10.8. The molecule has 0 aliphatic heterocycles. The molecule has 14 heavy (non-hydrogen) atoms. The highest BCUT2D eigenvalue weighted by atomic mass is 16.5. The summed E-state index contributed by atoms with van der Waals surface area (Å²) < 4.78 is 5.49. The van der Waals surface area contributed by atoms with Crippen LogP contribution >= 0.6 is 0 Å². The van der Waals surface area contributed by atoms with E-state index in [4.69, 9.17) is 4.74 Å². The Morgan fingerprint density at radius 1 is 1.43 bits per heavy atom. The molecule has 2 nitrogen and oxygen atoms in total. The third kappa shape index (κ3) is 2.89. The average Bonchev–Trinajstić information content (AvgIpc) is 2.19. The summed E-state index contributed by atoms with van der Waals surface area (Å²) in [5.41, 5.74) is 0.831. The van der Waals surface area contributed by atoms with Crippen molar-refractivity contribution in [3.8, 4) is 5.75 Å². The van der Waals surface area contributed by atoms with Gasteiger partial charge in [0.15, 0.2) is 0 Å². The molecule has 1 atom stereocenters. The maximum absolute atomic E-state index is 9.46. The van der Waals surface area contributed by atoms with E-state index in [-0.39, 0.29) is 0 Å². The van der Waals surface area contributed by atoms with Crippen LogP contribution in [0.1, 0.15) is 25.5 Å². The number of aliphatic hydroxyl groups is 1. The quantitative estimate of drug-likeness (QED) is 0.743. The van der Waals surface area contributed by atoms with Crippen molar-refractivity contribution in [3.05, 3.63) is 42.0 Å². The molecule has 0 aromatic heterocycles. The Kier molecular flexibility index (Phi) is 4.20. The minimum Gasteiger partial charge on any atom is -0.489 e. The normalized spacial score (nSPS) is 13.1. The van der Waals surface area contributed by atoms with Gasteiger partial charge in [0.25, 0.3) is 0 Å². The SMILES string of the molecule is C/C=C/COc1ccccc1C(C)O. The molecule has 1 aromatic carbocycles. The van der Waals surface area contributed by atoms with E-state index in [1.54, 1.807) is 6.92 Å². The topological polar surface area (TPSA) is 29.5 Å². The third-order valence-corrected chi connectivity index (χ3v) is 1.94. The first-order valence-electron chi connectivity index (χ1n) is 4.76. The molecule has 1 N–H and O–H groups in total. The Labute approximate surface area is 84.8 Å². The Balaban J connectivity index is 2.74. The predicted octanol–water partition coefficient (Wildman–Crippen LogP) is 2.69. The Bertz CT molecular complexity index is 303. The van der Waals surface area contributed by atoms with Crippen LogP contribution in [0.2, 0.25) is 0 Å². The van der Waals surface area contributed by atoms with E-state index in [0.717, 1.165) is 11.3 Å². The van der Waals surface area contributed by atoms with Crippen LogP contribution in [-0.2, 0) is 0 Å². The van der Waals surface area contributed by atoms with Crippen LogP contribution in [0.25, 0.3) is 0 Å². The first-order chi connectivity index (χ1) is 6.75. The first-order valence-corrected chi connectivity index (χ1v) is 4.76. The van der Waals surface area contributed by atoms with Gasteiger partial charge in [-0.15, -0.1) is 0 Å². The Morgan fingerprint density at radius 3 is 2.79 bits per heavy atom. The minimum atomic E-state index is -0.489. The molecule has 0 bridgehead atoms. The highest BCUT2D eigenvalue weighted by Gasteiger charge is 2.06. The fourth-order valence-corrected chi connectivity index (χ4v) is 1.19. The summed E-state index contributed by atoms with van der Waals surface area (Å²) in [6.07, 6.45) is 3.38. The molecule has 76 valence electrons. The van der Waals surface area contributed by atoms with Crippen LogP contribution in [0.4, 0.5) is 0 Å². The van der Waals surface area contributed by atoms with Crippen LogP contribution in [0.5, 0.6) is 5.75 Å². The molecule has 0 spiro atoms. The van der Waals surface area contributed by atoms with Gasteiger partial charge < -0.3 is 9.84 Å². The number of hydrogen-bond donors (Lipinski definition) is 1. The molecule has 1 rings (SSSR count). The number of ether oxygens (including phenoxy) is 1. The molecule has 1 unspecified atom stereocenters. The van der Waals surface area contributed by atoms with Crippen LogP contribution < -0.4 is 4.74 Å². The summed E-state index contributed by atoms with van der Waals surface area (Å²) in [4.78, 5) is 0. The van der Waals surface area contributed by atoms with Crippen LogP contribution in [0, 0.1) is 0 Å². The summed E-state index contributed by atoms with van der Waals surface area (Å²) in [6, 6.07) is 7.53. The van der Waals surface area contributed by atoms with Crippen molar-refractivity contribution in [2.75, 3.05) is 6.61 Å². The Hall–Kier alpha value is -1.28. The fourth-order valence-electron chi connectivity index (χ4n) is 1.19. The minimum absolute atomic E-state index is 0.489. The predicted molar refractivity (Wildman–Crippen MR) is 57.4 cm³/mol. The van der Waals surface area contributed by atoms with E-state index >= 15 is 0 Å². The zero-order valence-corrected chi connectivity index (χ0v) is 8.60. The van der Waals surface area contributed by atoms with Gasteiger partial charge in [-0.05, 0) is 19.9 Å². The van der Waals surface area contributed by atoms with Crippen molar-refractivity contribution in [1.82, 2.24) is 0 Å². The molecule has 0 saturated carbocycles. The maximum Gasteiger partial charge on any atom is 0.125 e. The van der Waals surface area contributed by atoms with E-state index in [0.29, 0.717) is 6.61 Å². The number of hydrogen-bond acceptors (Lipinski definition) is 2. The number of rotatable bonds is 4. The van der Waals surface area contributed by atoms with E-state index in [1.807, 2.05) is 43.3 Å². The second-order valence-electron chi connectivity index (χ2n) is 3.09. The second-order valence-corrected chi connectivity index (χ2v) is 3.09. The van der Waals surface area contributed by atoms with Crippen molar-refractivity contribution >= 4 is 0 Å². The summed E-state index contributed by atoms with van der Waals surface area (Å²) in [5.74, 6) is 0.751. The van der Waals surface area contributed by atoms with Crippen molar-refractivity contribution in [2.45, 2.75) is 20.0 Å². The Morgan fingerprint density at radius 2 is 2.14 bits per heavy atom. The van der Waals surface area contributed by atoms with E-state index in [2.05, 4.69) is 0 Å². The molecule has 2 heteroatoms. The van der Waals surface area contributed by atoms with E-state index in [9.17, 15) is 5.11 Å². The van der Waals surface area contributed by atoms with Gasteiger partial charge in [0, 0.05) is 5.56 Å². The van der Waals surface area contributed by atoms with E-state index < -0.39 is 6.10 Å². The standard InChI is InChI=1S/C12H16O2/c1-3-4-9-14-12-8-6-5-7-11(12)10(2)13/h3-8,10,13H,9H2,1-2H3/b4-3+. The molecule has 0 aliphatic carbocycles. The van der Waals surface area contributed by atoms with Gasteiger partial charge in [-0.25, -0.2) is 0 Å². The van der Waals surface area contributed by atoms with Crippen molar-refractivity contribution < 1.29 is 9.84 Å². The van der Waals surface area contributed by atoms with Gasteiger partial charge in [-0.2, -0.15) is 0 Å². The average molecular weight is 192 g/mol. The van der Waals surface area contributed by atoms with Gasteiger partial charge in [-0.1, -0.05) is 30.4 Å². The zero-order chi connectivity index (χ0) is 10.4. The number of para-hydroxylation sites is 1. The zero-order valence-electron chi connectivity index (χ0n) is 8.60. The molecule has 0 fully saturated rings. The van der Waals surface area contributed by atoms with Gasteiger partial charge >= 0.3 is 0 Å². The lowest BCUT2D eigenvalue weighted by atomic mass is 10.1. The lowest BCUT2D eigenvalue weighted by molar-refractivity contribution is 0.193. The van der Waals surface area contributed by atoms with Crippen LogP contribution in [-0.4, -0.2) is 11.7 Å². The van der Waals surface area contributed by atoms with E-state index in [1.165, 1.54) is 0 Å². The summed E-state index contributed by atoms with van der Waals surface area (Å²) >= 11 is 0. The molecule has 0 aliphatic rings. The number of allylic oxidation sites excluding steroid dienone is 1. The van der Waals surface area contributed by atoms with Gasteiger partial charge in [0.05, 0.1) is 6.10 Å². The maximum atomic E-state index is 9.46. The van der Waals surface area contributed by atoms with Crippen LogP contribution in [0.15, 0.2) is 36.4 Å². The van der Waals surface area contributed by atoms with Crippen molar-refractivity contribution in [3.63, 3.8) is 0 Å². The number of aliphatic hydroxyl groups excluding tert-OH is 1. The molecule has 0 heterocycles. The fraction of sp³-hybridized carbons (Fsp3) is 0.333. The monoisotopic (exact) mass is 192 g/mol. The van der Waals surface area contributed by atoms with Gasteiger partial charge in [-0.3, -0.25) is 0 Å². The lowest BCUT2D eigenvalue weighted by Gasteiger charge is -2.11. The molecule has 0 amide bonds. The van der Waals surface area contributed by atoms with Crippen molar-refractivity contribution in [2.24, 2.45) is 0 Å². The summed E-state index contributed by atoms with van der Waals surface area (Å²) in [7, 11) is 0. The van der Waals surface area contributed by atoms with Crippen LogP contribution in [0.3, 0.4) is 0 Å². The van der Waals surface area contributed by atoms with Gasteiger partial charge in [0.1, 0.15) is 12.4 Å². The molecular formula is C12H16O2.